The predicted octanol–water partition coefficient (Wildman–Crippen LogP) is 4.50. The molecule has 1 aromatic heterocycles. The average Bonchev–Trinajstić information content (AvgIpc) is 3.43. The third-order valence-electron chi connectivity index (χ3n) is 6.26. The number of nitrogens with zero attached hydrogens (tertiary/aromatic N) is 4. The maximum atomic E-state index is 13.8. The Labute approximate surface area is 204 Å². The Morgan fingerprint density at radius 1 is 1.00 bits per heavy atom. The summed E-state index contributed by atoms with van der Waals surface area (Å²) in [6.45, 7) is 9.33. The molecule has 1 saturated heterocycles. The van der Waals surface area contributed by atoms with Crippen molar-refractivity contribution in [2.24, 2.45) is 0 Å². The molecule has 0 N–H and O–H groups in total. The van der Waals surface area contributed by atoms with Gasteiger partial charge < -0.3 is 4.90 Å². The quantitative estimate of drug-likeness (QED) is 0.424. The molecular formula is C26H30N4O3S. The first kappa shape index (κ1) is 24.0. The number of benzene rings is 2. The summed E-state index contributed by atoms with van der Waals surface area (Å²) < 4.78 is 1.05. The van der Waals surface area contributed by atoms with E-state index in [1.54, 1.807) is 29.2 Å². The Hall–Kier alpha value is -3.10. The number of anilines is 2. The Morgan fingerprint density at radius 3 is 2.41 bits per heavy atom. The van der Waals surface area contributed by atoms with Gasteiger partial charge >= 0.3 is 0 Å². The second-order valence-electron chi connectivity index (χ2n) is 8.31. The Kier molecular flexibility index (Phi) is 7.38. The van der Waals surface area contributed by atoms with E-state index in [1.807, 2.05) is 6.07 Å². The van der Waals surface area contributed by atoms with Crippen molar-refractivity contribution >= 4 is 50.1 Å². The molecule has 1 fully saturated rings. The summed E-state index contributed by atoms with van der Waals surface area (Å²) in [6.07, 6.45) is 1.35. The molecular weight excluding hydrogens is 448 g/mol. The molecule has 4 rings (SSSR count). The summed E-state index contributed by atoms with van der Waals surface area (Å²) in [5, 5.41) is 0.652. The Balaban J connectivity index is 1.69. The maximum absolute atomic E-state index is 13.8. The van der Waals surface area contributed by atoms with Gasteiger partial charge in [-0.05, 0) is 55.4 Å². The number of fused-ring (bicyclic) bond motifs is 1. The number of hydrogen-bond donors (Lipinski definition) is 0. The van der Waals surface area contributed by atoms with Crippen LogP contribution < -0.4 is 9.80 Å². The van der Waals surface area contributed by atoms with E-state index in [2.05, 4.69) is 37.8 Å². The van der Waals surface area contributed by atoms with Crippen molar-refractivity contribution in [3.8, 4) is 0 Å². The minimum absolute atomic E-state index is 0.192. The average molecular weight is 479 g/mol. The van der Waals surface area contributed by atoms with Crippen molar-refractivity contribution in [2.45, 2.75) is 40.0 Å². The lowest BCUT2D eigenvalue weighted by Crippen LogP contribution is -2.39. The van der Waals surface area contributed by atoms with Gasteiger partial charge in [0.05, 0.1) is 15.9 Å². The molecule has 0 radical (unpaired) electrons. The van der Waals surface area contributed by atoms with Crippen LogP contribution in [0.3, 0.4) is 0 Å². The van der Waals surface area contributed by atoms with Crippen LogP contribution in [0, 0.1) is 0 Å². The van der Waals surface area contributed by atoms with Crippen LogP contribution in [0.15, 0.2) is 42.5 Å². The SMILES string of the molecule is CCc1ccc2nc(N(CCN(CC)CC)C(=O)c3cccc(N4C(=O)CCC4=O)c3)sc2c1. The first-order chi connectivity index (χ1) is 16.4. The molecule has 0 unspecified atom stereocenters. The molecule has 8 heteroatoms. The van der Waals surface area contributed by atoms with Gasteiger partial charge in [-0.15, -0.1) is 0 Å². The lowest BCUT2D eigenvalue weighted by molar-refractivity contribution is -0.121. The minimum Gasteiger partial charge on any atom is -0.302 e. The second-order valence-corrected chi connectivity index (χ2v) is 9.32. The molecule has 0 bridgehead atoms. The summed E-state index contributed by atoms with van der Waals surface area (Å²) in [6, 6.07) is 13.0. The number of amides is 3. The molecule has 2 heterocycles. The summed E-state index contributed by atoms with van der Waals surface area (Å²) in [4.78, 5) is 48.1. The number of aromatic nitrogens is 1. The number of likely N-dealkylation sites (N-methyl/N-ethyl adjacent to an activating group) is 1. The van der Waals surface area contributed by atoms with Gasteiger partial charge in [-0.3, -0.25) is 24.2 Å². The zero-order valence-electron chi connectivity index (χ0n) is 19.9. The van der Waals surface area contributed by atoms with Gasteiger partial charge in [0.15, 0.2) is 5.13 Å². The van der Waals surface area contributed by atoms with Crippen molar-refractivity contribution < 1.29 is 14.4 Å². The van der Waals surface area contributed by atoms with E-state index in [9.17, 15) is 14.4 Å². The van der Waals surface area contributed by atoms with E-state index in [0.717, 1.165) is 36.3 Å². The third-order valence-corrected chi connectivity index (χ3v) is 7.30. The molecule has 1 aliphatic heterocycles. The standard InChI is InChI=1S/C26H30N4O3S/c1-4-18-10-11-21-22(16-18)34-26(27-21)29(15-14-28(5-2)6-3)25(33)19-8-7-9-20(17-19)30-23(31)12-13-24(30)32/h7-11,16-17H,4-6,12-15H2,1-3H3. The molecule has 3 aromatic rings. The van der Waals surface area contributed by atoms with Crippen molar-refractivity contribution in [3.63, 3.8) is 0 Å². The van der Waals surface area contributed by atoms with Crippen molar-refractivity contribution in [2.75, 3.05) is 36.0 Å². The number of aryl methyl sites for hydroxylation is 1. The molecule has 178 valence electrons. The van der Waals surface area contributed by atoms with Gasteiger partial charge in [-0.1, -0.05) is 44.2 Å². The molecule has 0 aliphatic carbocycles. The van der Waals surface area contributed by atoms with Gasteiger partial charge in [0.1, 0.15) is 0 Å². The number of rotatable bonds is 9. The van der Waals surface area contributed by atoms with Gasteiger partial charge in [0.25, 0.3) is 5.91 Å². The van der Waals surface area contributed by atoms with Crippen LogP contribution in [0.1, 0.15) is 49.5 Å². The fourth-order valence-corrected chi connectivity index (χ4v) is 5.21. The summed E-state index contributed by atoms with van der Waals surface area (Å²) in [7, 11) is 0. The van der Waals surface area contributed by atoms with E-state index in [1.165, 1.54) is 21.8 Å². The number of imide groups is 1. The fraction of sp³-hybridized carbons (Fsp3) is 0.385. The lowest BCUT2D eigenvalue weighted by atomic mass is 10.1. The molecule has 7 nitrogen and oxygen atoms in total. The van der Waals surface area contributed by atoms with Crippen LogP contribution in [-0.4, -0.2) is 53.8 Å². The van der Waals surface area contributed by atoms with Crippen LogP contribution in [0.25, 0.3) is 10.2 Å². The summed E-state index contributed by atoms with van der Waals surface area (Å²) in [5.74, 6) is -0.653. The van der Waals surface area contributed by atoms with Crippen LogP contribution in [-0.2, 0) is 16.0 Å². The van der Waals surface area contributed by atoms with Crippen molar-refractivity contribution in [3.05, 3.63) is 53.6 Å². The summed E-state index contributed by atoms with van der Waals surface area (Å²) in [5.41, 5.74) is 2.98. The van der Waals surface area contributed by atoms with Crippen LogP contribution >= 0.6 is 11.3 Å². The first-order valence-corrected chi connectivity index (χ1v) is 12.7. The van der Waals surface area contributed by atoms with Crippen molar-refractivity contribution in [1.82, 2.24) is 9.88 Å². The highest BCUT2D eigenvalue weighted by Crippen LogP contribution is 2.31. The Morgan fingerprint density at radius 2 is 1.74 bits per heavy atom. The van der Waals surface area contributed by atoms with Gasteiger partial charge in [-0.25, -0.2) is 4.98 Å². The minimum atomic E-state index is -0.231. The van der Waals surface area contributed by atoms with E-state index < -0.39 is 0 Å². The van der Waals surface area contributed by atoms with E-state index in [4.69, 9.17) is 4.98 Å². The number of thiazole rings is 1. The first-order valence-electron chi connectivity index (χ1n) is 11.8. The second kappa shape index (κ2) is 10.4. The smallest absolute Gasteiger partial charge is 0.260 e. The zero-order valence-corrected chi connectivity index (χ0v) is 20.7. The fourth-order valence-electron chi connectivity index (χ4n) is 4.16. The highest BCUT2D eigenvalue weighted by molar-refractivity contribution is 7.22. The molecule has 0 saturated carbocycles. The predicted molar refractivity (Wildman–Crippen MR) is 137 cm³/mol. The molecule has 0 spiro atoms. The number of hydrogen-bond acceptors (Lipinski definition) is 6. The molecule has 1 aliphatic rings. The van der Waals surface area contributed by atoms with E-state index in [-0.39, 0.29) is 30.6 Å². The highest BCUT2D eigenvalue weighted by atomic mass is 32.1. The topological polar surface area (TPSA) is 73.8 Å². The monoisotopic (exact) mass is 478 g/mol. The number of carbonyl (C=O) groups is 3. The molecule has 3 amide bonds. The zero-order chi connectivity index (χ0) is 24.2. The van der Waals surface area contributed by atoms with Crippen molar-refractivity contribution in [1.29, 1.82) is 0 Å². The normalized spacial score (nSPS) is 13.9. The molecule has 2 aromatic carbocycles. The summed E-state index contributed by atoms with van der Waals surface area (Å²) >= 11 is 1.51. The highest BCUT2D eigenvalue weighted by Gasteiger charge is 2.31. The van der Waals surface area contributed by atoms with Gasteiger partial charge in [0.2, 0.25) is 11.8 Å². The molecule has 0 atom stereocenters. The van der Waals surface area contributed by atoms with Gasteiger partial charge in [0, 0.05) is 31.5 Å². The lowest BCUT2D eigenvalue weighted by Gasteiger charge is -2.25. The van der Waals surface area contributed by atoms with Crippen LogP contribution in [0.4, 0.5) is 10.8 Å². The van der Waals surface area contributed by atoms with Gasteiger partial charge in [-0.2, -0.15) is 0 Å². The maximum Gasteiger partial charge on any atom is 0.260 e. The molecule has 34 heavy (non-hydrogen) atoms. The third kappa shape index (κ3) is 4.88. The van der Waals surface area contributed by atoms with Crippen LogP contribution in [0.5, 0.6) is 0 Å². The number of carbonyl (C=O) groups excluding carboxylic acids is 3. The van der Waals surface area contributed by atoms with E-state index >= 15 is 0 Å². The van der Waals surface area contributed by atoms with E-state index in [0.29, 0.717) is 22.9 Å². The largest absolute Gasteiger partial charge is 0.302 e. The van der Waals surface area contributed by atoms with Crippen LogP contribution in [0.2, 0.25) is 0 Å². The Bertz CT molecular complexity index is 1200.